The van der Waals surface area contributed by atoms with Gasteiger partial charge in [0.1, 0.15) is 5.76 Å². The monoisotopic (exact) mass is 470 g/mol. The van der Waals surface area contributed by atoms with Crippen LogP contribution in [0.15, 0.2) is 71.6 Å². The summed E-state index contributed by atoms with van der Waals surface area (Å²) in [6.07, 6.45) is 22.1. The third kappa shape index (κ3) is 7.78. The molecule has 0 saturated carbocycles. The lowest BCUT2D eigenvalue weighted by Crippen LogP contribution is -2.45. The van der Waals surface area contributed by atoms with E-state index in [0.717, 1.165) is 19.3 Å². The quantitative estimate of drug-likeness (QED) is 0.472. The van der Waals surface area contributed by atoms with Gasteiger partial charge in [-0.1, -0.05) is 48.6 Å². The predicted octanol–water partition coefficient (Wildman–Crippen LogP) is 4.88. The van der Waals surface area contributed by atoms with E-state index in [1.807, 2.05) is 13.8 Å². The van der Waals surface area contributed by atoms with E-state index in [4.69, 9.17) is 16.3 Å². The summed E-state index contributed by atoms with van der Waals surface area (Å²) >= 11 is 6.44. The first-order valence-electron chi connectivity index (χ1n) is 11.8. The summed E-state index contributed by atoms with van der Waals surface area (Å²) in [7, 11) is 0. The molecule has 0 aromatic carbocycles. The van der Waals surface area contributed by atoms with Gasteiger partial charge in [0.05, 0.1) is 11.5 Å². The van der Waals surface area contributed by atoms with E-state index < -0.39 is 0 Å². The maximum absolute atomic E-state index is 13.0. The molecule has 0 heterocycles. The topological polar surface area (TPSA) is 67.4 Å². The van der Waals surface area contributed by atoms with Gasteiger partial charge in [-0.3, -0.25) is 9.59 Å². The molecule has 3 aliphatic carbocycles. The first-order valence-corrected chi connectivity index (χ1v) is 12.2. The summed E-state index contributed by atoms with van der Waals surface area (Å²) in [5, 5.41) is 5.61. The van der Waals surface area contributed by atoms with Crippen molar-refractivity contribution in [1.82, 2.24) is 10.6 Å². The second-order valence-electron chi connectivity index (χ2n) is 9.16. The number of carbonyl (C=O) groups excluding carboxylic acids is 2. The van der Waals surface area contributed by atoms with Gasteiger partial charge in [-0.2, -0.15) is 0 Å². The summed E-state index contributed by atoms with van der Waals surface area (Å²) in [6.45, 7) is 5.78. The zero-order chi connectivity index (χ0) is 23.8. The maximum Gasteiger partial charge on any atom is 0.247 e. The molecule has 33 heavy (non-hydrogen) atoms. The third-order valence-electron chi connectivity index (χ3n) is 5.97. The molecule has 178 valence electrons. The summed E-state index contributed by atoms with van der Waals surface area (Å²) in [4.78, 5) is 24.5. The highest BCUT2D eigenvalue weighted by Gasteiger charge is 2.26. The van der Waals surface area contributed by atoms with Crippen molar-refractivity contribution in [3.8, 4) is 0 Å². The Morgan fingerprint density at radius 2 is 2.00 bits per heavy atom. The fraction of sp³-hybridized carbons (Fsp3) is 0.481. The third-order valence-corrected chi connectivity index (χ3v) is 6.34. The van der Waals surface area contributed by atoms with Crippen molar-refractivity contribution >= 4 is 23.4 Å². The Kier molecular flexibility index (Phi) is 9.19. The van der Waals surface area contributed by atoms with Crippen LogP contribution in [0.3, 0.4) is 0 Å². The van der Waals surface area contributed by atoms with Crippen LogP contribution in [0.1, 0.15) is 46.5 Å². The molecular weight excluding hydrogens is 436 g/mol. The molecule has 3 aliphatic rings. The molecule has 0 aromatic rings. The van der Waals surface area contributed by atoms with Crippen LogP contribution in [0, 0.1) is 11.8 Å². The number of halogens is 1. The van der Waals surface area contributed by atoms with Crippen molar-refractivity contribution in [1.29, 1.82) is 0 Å². The standard InChI is InChI=1S/C27H35ClN2O3/c1-18(2)33-26-14-13-23(16-25(26)28)27(32)30-24(17-29-19(3)31)15-20-9-11-22(12-10-20)21-7-5-4-6-8-21/h4-7,9,11-14,18,20-21,24-25H,8,10,15-17H2,1-3H3,(H,29,31)(H,30,32)/t20?,21?,24-,25?/m0/s1. The van der Waals surface area contributed by atoms with E-state index in [2.05, 4.69) is 53.2 Å². The van der Waals surface area contributed by atoms with E-state index in [0.29, 0.717) is 36.1 Å². The van der Waals surface area contributed by atoms with E-state index in [-0.39, 0.29) is 29.3 Å². The Bertz CT molecular complexity index is 910. The maximum atomic E-state index is 13.0. The summed E-state index contributed by atoms with van der Waals surface area (Å²) in [5.41, 5.74) is 1.97. The van der Waals surface area contributed by atoms with Gasteiger partial charge in [0, 0.05) is 37.4 Å². The second kappa shape index (κ2) is 12.1. The molecule has 2 amide bonds. The number of amides is 2. The average Bonchev–Trinajstić information content (AvgIpc) is 2.79. The number of carbonyl (C=O) groups is 2. The SMILES string of the molecule is CC(=O)NC[C@H](CC1C=CC(C2C=CC=CC2)=CC1)NC(=O)C1=CC=C(OC(C)C)C(Cl)C1. The van der Waals surface area contributed by atoms with Gasteiger partial charge in [-0.15, -0.1) is 11.6 Å². The van der Waals surface area contributed by atoms with Gasteiger partial charge in [0.2, 0.25) is 11.8 Å². The molecule has 6 heteroatoms. The van der Waals surface area contributed by atoms with Crippen molar-refractivity contribution < 1.29 is 14.3 Å². The Balaban J connectivity index is 1.60. The van der Waals surface area contributed by atoms with Gasteiger partial charge in [-0.25, -0.2) is 0 Å². The lowest BCUT2D eigenvalue weighted by atomic mass is 9.84. The van der Waals surface area contributed by atoms with Crippen LogP contribution in [0.2, 0.25) is 0 Å². The van der Waals surface area contributed by atoms with Crippen LogP contribution in [-0.4, -0.2) is 35.9 Å². The molecule has 3 unspecified atom stereocenters. The second-order valence-corrected chi connectivity index (χ2v) is 9.68. The van der Waals surface area contributed by atoms with E-state index in [1.165, 1.54) is 12.5 Å². The molecule has 0 saturated heterocycles. The van der Waals surface area contributed by atoms with Crippen LogP contribution in [0.5, 0.6) is 0 Å². The van der Waals surface area contributed by atoms with Crippen molar-refractivity contribution in [2.75, 3.05) is 6.54 Å². The van der Waals surface area contributed by atoms with E-state index in [9.17, 15) is 9.59 Å². The van der Waals surface area contributed by atoms with Crippen LogP contribution in [-0.2, 0) is 14.3 Å². The van der Waals surface area contributed by atoms with Gasteiger partial charge >= 0.3 is 0 Å². The molecular formula is C27H35ClN2O3. The van der Waals surface area contributed by atoms with Crippen molar-refractivity contribution in [3.05, 3.63) is 71.6 Å². The van der Waals surface area contributed by atoms with Crippen LogP contribution in [0.25, 0.3) is 0 Å². The Labute approximate surface area is 202 Å². The largest absolute Gasteiger partial charge is 0.494 e. The minimum Gasteiger partial charge on any atom is -0.494 e. The van der Waals surface area contributed by atoms with Crippen molar-refractivity contribution in [2.45, 2.75) is 64.0 Å². The fourth-order valence-corrected chi connectivity index (χ4v) is 4.56. The van der Waals surface area contributed by atoms with Crippen LogP contribution >= 0.6 is 11.6 Å². The van der Waals surface area contributed by atoms with Crippen molar-refractivity contribution in [3.63, 3.8) is 0 Å². The molecule has 0 bridgehead atoms. The molecule has 3 rings (SSSR count). The summed E-state index contributed by atoms with van der Waals surface area (Å²) in [6, 6.07) is -0.171. The van der Waals surface area contributed by atoms with E-state index >= 15 is 0 Å². The van der Waals surface area contributed by atoms with Crippen molar-refractivity contribution in [2.24, 2.45) is 11.8 Å². The summed E-state index contributed by atoms with van der Waals surface area (Å²) < 4.78 is 5.71. The molecule has 5 nitrogen and oxygen atoms in total. The van der Waals surface area contributed by atoms with Gasteiger partial charge in [-0.05, 0) is 50.7 Å². The van der Waals surface area contributed by atoms with Crippen LogP contribution < -0.4 is 10.6 Å². The molecule has 2 N–H and O–H groups in total. The fourth-order valence-electron chi connectivity index (χ4n) is 4.27. The number of hydrogen-bond donors (Lipinski definition) is 2. The molecule has 0 aliphatic heterocycles. The van der Waals surface area contributed by atoms with Gasteiger partial charge in [0.15, 0.2) is 0 Å². The highest BCUT2D eigenvalue weighted by atomic mass is 35.5. The number of nitrogens with one attached hydrogen (secondary N) is 2. The first kappa shape index (κ1) is 25.1. The number of rotatable bonds is 9. The number of alkyl halides is 1. The molecule has 0 spiro atoms. The molecule has 4 atom stereocenters. The lowest BCUT2D eigenvalue weighted by Gasteiger charge is -2.27. The smallest absolute Gasteiger partial charge is 0.247 e. The Hall–Kier alpha value is -2.53. The first-order chi connectivity index (χ1) is 15.8. The minimum absolute atomic E-state index is 0.0343. The molecule has 0 radical (unpaired) electrons. The summed E-state index contributed by atoms with van der Waals surface area (Å²) in [5.74, 6) is 1.19. The zero-order valence-corrected chi connectivity index (χ0v) is 20.5. The van der Waals surface area contributed by atoms with Gasteiger partial charge in [0.25, 0.3) is 0 Å². The molecule has 0 fully saturated rings. The van der Waals surface area contributed by atoms with E-state index in [1.54, 1.807) is 12.2 Å². The highest BCUT2D eigenvalue weighted by Crippen LogP contribution is 2.29. The number of allylic oxidation sites excluding steroid dienone is 11. The average molecular weight is 471 g/mol. The predicted molar refractivity (Wildman–Crippen MR) is 134 cm³/mol. The minimum atomic E-state index is -0.361. The Morgan fingerprint density at radius 3 is 2.61 bits per heavy atom. The lowest BCUT2D eigenvalue weighted by molar-refractivity contribution is -0.121. The highest BCUT2D eigenvalue weighted by molar-refractivity contribution is 6.23. The normalized spacial score (nSPS) is 25.1. The number of hydrogen-bond acceptors (Lipinski definition) is 3. The number of ether oxygens (including phenoxy) is 1. The Morgan fingerprint density at radius 1 is 1.18 bits per heavy atom. The van der Waals surface area contributed by atoms with Crippen LogP contribution in [0.4, 0.5) is 0 Å². The van der Waals surface area contributed by atoms with Gasteiger partial charge < -0.3 is 15.4 Å². The zero-order valence-electron chi connectivity index (χ0n) is 19.7. The molecule has 0 aromatic heterocycles.